The molecule has 1 aromatic carbocycles. The normalized spacial score (nSPS) is 16.0. The van der Waals surface area contributed by atoms with E-state index in [1.807, 2.05) is 39.0 Å². The molecule has 1 aromatic rings. The molecular formula is C20H32N4O3. The van der Waals surface area contributed by atoms with Gasteiger partial charge in [0.15, 0.2) is 5.96 Å². The second-order valence-electron chi connectivity index (χ2n) is 7.62. The van der Waals surface area contributed by atoms with Crippen LogP contribution in [0.4, 0.5) is 4.79 Å². The molecule has 2 N–H and O–H groups in total. The number of nitrogens with zero attached hydrogens (tertiary/aromatic N) is 2. The molecule has 0 aromatic heterocycles. The van der Waals surface area contributed by atoms with Gasteiger partial charge in [0, 0.05) is 38.3 Å². The number of piperidine rings is 1. The molecule has 1 amide bonds. The van der Waals surface area contributed by atoms with Crippen molar-refractivity contribution in [3.8, 4) is 5.75 Å². The number of amides is 1. The minimum atomic E-state index is -0.258. The molecule has 150 valence electrons. The minimum absolute atomic E-state index is 0.246. The average molecular weight is 377 g/mol. The van der Waals surface area contributed by atoms with Crippen LogP contribution in [0.15, 0.2) is 29.3 Å². The van der Waals surface area contributed by atoms with Gasteiger partial charge in [0.2, 0.25) is 0 Å². The second-order valence-corrected chi connectivity index (χ2v) is 7.62. The van der Waals surface area contributed by atoms with E-state index in [0.717, 1.165) is 30.1 Å². The molecular weight excluding hydrogens is 344 g/mol. The van der Waals surface area contributed by atoms with Crippen LogP contribution < -0.4 is 15.4 Å². The number of guanidine groups is 1. The molecule has 2 rings (SSSR count). The summed E-state index contributed by atoms with van der Waals surface area (Å²) >= 11 is 0. The van der Waals surface area contributed by atoms with E-state index in [2.05, 4.69) is 21.7 Å². The Balaban J connectivity index is 1.88. The largest absolute Gasteiger partial charge is 0.488 e. The van der Waals surface area contributed by atoms with E-state index in [-0.39, 0.29) is 17.7 Å². The van der Waals surface area contributed by atoms with E-state index < -0.39 is 0 Å². The maximum Gasteiger partial charge on any atom is 0.409 e. The molecule has 0 bridgehead atoms. The van der Waals surface area contributed by atoms with E-state index >= 15 is 0 Å². The number of benzene rings is 1. The van der Waals surface area contributed by atoms with Crippen molar-refractivity contribution in [2.24, 2.45) is 4.99 Å². The van der Waals surface area contributed by atoms with Crippen LogP contribution in [0.1, 0.15) is 39.2 Å². The summed E-state index contributed by atoms with van der Waals surface area (Å²) in [6.07, 6.45) is 1.46. The summed E-state index contributed by atoms with van der Waals surface area (Å²) in [4.78, 5) is 17.6. The smallest absolute Gasteiger partial charge is 0.409 e. The first-order valence-electron chi connectivity index (χ1n) is 9.39. The average Bonchev–Trinajstić information content (AvgIpc) is 2.64. The fraction of sp³-hybridized carbons (Fsp3) is 0.600. The summed E-state index contributed by atoms with van der Waals surface area (Å²) in [6.45, 7) is 8.11. The predicted octanol–water partition coefficient (Wildman–Crippen LogP) is 2.76. The maximum absolute atomic E-state index is 11.6. The molecule has 1 aliphatic rings. The zero-order valence-electron chi connectivity index (χ0n) is 17.0. The lowest BCUT2D eigenvalue weighted by Gasteiger charge is -2.32. The second kappa shape index (κ2) is 9.48. The topological polar surface area (TPSA) is 75.2 Å². The van der Waals surface area contributed by atoms with Crippen LogP contribution in [0.3, 0.4) is 0 Å². The first-order chi connectivity index (χ1) is 12.8. The number of carbonyl (C=O) groups is 1. The Morgan fingerprint density at radius 2 is 1.93 bits per heavy atom. The Bertz CT molecular complexity index is 647. The highest BCUT2D eigenvalue weighted by Crippen LogP contribution is 2.22. The zero-order chi connectivity index (χ0) is 19.9. The number of rotatable bonds is 4. The summed E-state index contributed by atoms with van der Waals surface area (Å²) < 4.78 is 10.8. The monoisotopic (exact) mass is 376 g/mol. The zero-order valence-corrected chi connectivity index (χ0v) is 17.0. The number of carbonyl (C=O) groups excluding carboxylic acids is 1. The lowest BCUT2D eigenvalue weighted by atomic mass is 10.1. The van der Waals surface area contributed by atoms with Gasteiger partial charge in [-0.15, -0.1) is 0 Å². The van der Waals surface area contributed by atoms with Crippen molar-refractivity contribution in [1.82, 2.24) is 15.5 Å². The molecule has 7 heteroatoms. The van der Waals surface area contributed by atoms with E-state index in [4.69, 9.17) is 9.47 Å². The van der Waals surface area contributed by atoms with Crippen molar-refractivity contribution >= 4 is 12.1 Å². The van der Waals surface area contributed by atoms with Crippen LogP contribution in [0, 0.1) is 0 Å². The number of hydrogen-bond acceptors (Lipinski definition) is 4. The molecule has 0 unspecified atom stereocenters. The van der Waals surface area contributed by atoms with Gasteiger partial charge >= 0.3 is 6.09 Å². The molecule has 0 spiro atoms. The quantitative estimate of drug-likeness (QED) is 0.624. The fourth-order valence-corrected chi connectivity index (χ4v) is 2.98. The number of nitrogens with one attached hydrogen (secondary N) is 2. The third kappa shape index (κ3) is 6.66. The van der Waals surface area contributed by atoms with Crippen LogP contribution in [-0.2, 0) is 11.3 Å². The van der Waals surface area contributed by atoms with Gasteiger partial charge in [-0.25, -0.2) is 4.79 Å². The Kier molecular flexibility index (Phi) is 7.33. The molecule has 27 heavy (non-hydrogen) atoms. The highest BCUT2D eigenvalue weighted by atomic mass is 16.5. The molecule has 0 atom stereocenters. The van der Waals surface area contributed by atoms with Gasteiger partial charge in [-0.1, -0.05) is 18.2 Å². The van der Waals surface area contributed by atoms with Gasteiger partial charge < -0.3 is 25.0 Å². The Morgan fingerprint density at radius 3 is 2.52 bits per heavy atom. The van der Waals surface area contributed by atoms with Crippen LogP contribution in [-0.4, -0.2) is 55.8 Å². The van der Waals surface area contributed by atoms with Crippen LogP contribution in [0.25, 0.3) is 0 Å². The Labute approximate surface area is 162 Å². The summed E-state index contributed by atoms with van der Waals surface area (Å²) in [5, 5.41) is 6.80. The van der Waals surface area contributed by atoms with Gasteiger partial charge in [-0.2, -0.15) is 0 Å². The molecule has 0 saturated carbocycles. The van der Waals surface area contributed by atoms with Crippen molar-refractivity contribution in [2.45, 2.75) is 51.8 Å². The van der Waals surface area contributed by atoms with Gasteiger partial charge in [-0.3, -0.25) is 4.99 Å². The van der Waals surface area contributed by atoms with Crippen molar-refractivity contribution < 1.29 is 14.3 Å². The van der Waals surface area contributed by atoms with Gasteiger partial charge in [0.1, 0.15) is 11.4 Å². The van der Waals surface area contributed by atoms with Crippen molar-refractivity contribution in [2.75, 3.05) is 27.2 Å². The standard InChI is InChI=1S/C20H32N4O3/c1-20(2,3)27-17-9-7-6-8-15(17)14-22-18(21-4)23-16-10-12-24(13-11-16)19(25)26-5/h6-9,16H,10-14H2,1-5H3,(H2,21,22,23). The van der Waals surface area contributed by atoms with E-state index in [1.54, 1.807) is 11.9 Å². The van der Waals surface area contributed by atoms with Crippen LogP contribution in [0.5, 0.6) is 5.75 Å². The molecule has 1 saturated heterocycles. The number of aliphatic imine (C=N–C) groups is 1. The predicted molar refractivity (Wildman–Crippen MR) is 107 cm³/mol. The van der Waals surface area contributed by atoms with Gasteiger partial charge in [-0.05, 0) is 39.7 Å². The molecule has 0 aliphatic carbocycles. The first kappa shape index (κ1) is 20.9. The highest BCUT2D eigenvalue weighted by Gasteiger charge is 2.23. The maximum atomic E-state index is 11.6. The number of likely N-dealkylation sites (tertiary alicyclic amines) is 1. The third-order valence-corrected chi connectivity index (χ3v) is 4.33. The van der Waals surface area contributed by atoms with Crippen molar-refractivity contribution in [3.63, 3.8) is 0 Å². The lowest BCUT2D eigenvalue weighted by molar-refractivity contribution is 0.111. The molecule has 7 nitrogen and oxygen atoms in total. The summed E-state index contributed by atoms with van der Waals surface area (Å²) in [6, 6.07) is 8.30. The van der Waals surface area contributed by atoms with Crippen molar-refractivity contribution in [3.05, 3.63) is 29.8 Å². The molecule has 1 aliphatic heterocycles. The van der Waals surface area contributed by atoms with Gasteiger partial charge in [0.25, 0.3) is 0 Å². The third-order valence-electron chi connectivity index (χ3n) is 4.33. The number of hydrogen-bond donors (Lipinski definition) is 2. The summed E-state index contributed by atoms with van der Waals surface area (Å²) in [5.41, 5.74) is 0.833. The van der Waals surface area contributed by atoms with Crippen LogP contribution in [0.2, 0.25) is 0 Å². The fourth-order valence-electron chi connectivity index (χ4n) is 2.98. The van der Waals surface area contributed by atoms with E-state index in [1.165, 1.54) is 7.11 Å². The first-order valence-corrected chi connectivity index (χ1v) is 9.39. The molecule has 1 fully saturated rings. The number of para-hydroxylation sites is 1. The lowest BCUT2D eigenvalue weighted by Crippen LogP contribution is -2.49. The van der Waals surface area contributed by atoms with Gasteiger partial charge in [0.05, 0.1) is 7.11 Å². The van der Waals surface area contributed by atoms with Crippen molar-refractivity contribution in [1.29, 1.82) is 0 Å². The minimum Gasteiger partial charge on any atom is -0.488 e. The Hall–Kier alpha value is -2.44. The Morgan fingerprint density at radius 1 is 1.26 bits per heavy atom. The molecule has 0 radical (unpaired) electrons. The SMILES string of the molecule is CN=C(NCc1ccccc1OC(C)(C)C)NC1CCN(C(=O)OC)CC1. The highest BCUT2D eigenvalue weighted by molar-refractivity contribution is 5.80. The summed E-state index contributed by atoms with van der Waals surface area (Å²) in [7, 11) is 3.18. The van der Waals surface area contributed by atoms with E-state index in [0.29, 0.717) is 19.6 Å². The number of methoxy groups -OCH3 is 1. The number of ether oxygens (including phenoxy) is 2. The van der Waals surface area contributed by atoms with E-state index in [9.17, 15) is 4.79 Å². The summed E-state index contributed by atoms with van der Waals surface area (Å²) in [5.74, 6) is 1.62. The van der Waals surface area contributed by atoms with Crippen LogP contribution >= 0.6 is 0 Å². The molecule has 1 heterocycles.